The van der Waals surface area contributed by atoms with E-state index in [4.69, 9.17) is 18.9 Å². The normalized spacial score (nSPS) is 20.0. The predicted molar refractivity (Wildman–Crippen MR) is 207 cm³/mol. The summed E-state index contributed by atoms with van der Waals surface area (Å²) < 4.78 is 27.4. The van der Waals surface area contributed by atoms with Gasteiger partial charge < -0.3 is 18.9 Å². The van der Waals surface area contributed by atoms with Gasteiger partial charge in [-0.15, -0.1) is 11.8 Å². The summed E-state index contributed by atoms with van der Waals surface area (Å²) in [5, 5.41) is -0.105. The molecular weight excluding hydrogens is 665 g/mol. The van der Waals surface area contributed by atoms with Crippen LogP contribution in [-0.4, -0.2) is 40.1 Å². The highest BCUT2D eigenvalue weighted by molar-refractivity contribution is 8.00. The first kappa shape index (κ1) is 35.8. The monoisotopic (exact) mass is 708 g/mol. The van der Waals surface area contributed by atoms with Crippen LogP contribution in [-0.2, 0) is 51.8 Å². The SMILES string of the molecule is c1ccc(COCC2S[C@@H](c3cccc(Cc4cnccn4)c3)[C@H](OCc3ccccc3)[C@@H](OCc3ccccc3)[C@@H]2OCc2ccccc2)cc1. The lowest BCUT2D eigenvalue weighted by molar-refractivity contribution is -0.160. The highest BCUT2D eigenvalue weighted by Crippen LogP contribution is 2.47. The predicted octanol–water partition coefficient (Wildman–Crippen LogP) is 9.20. The van der Waals surface area contributed by atoms with Gasteiger partial charge in [-0.25, -0.2) is 0 Å². The number of ether oxygens (including phenoxy) is 4. The average Bonchev–Trinajstić information content (AvgIpc) is 3.21. The summed E-state index contributed by atoms with van der Waals surface area (Å²) in [6.45, 7) is 2.35. The van der Waals surface area contributed by atoms with Crippen LogP contribution in [0.5, 0.6) is 0 Å². The molecule has 1 aromatic heterocycles. The van der Waals surface area contributed by atoms with E-state index >= 15 is 0 Å². The highest BCUT2D eigenvalue weighted by Gasteiger charge is 2.48. The molecule has 7 heteroatoms. The van der Waals surface area contributed by atoms with Crippen molar-refractivity contribution in [1.29, 1.82) is 0 Å². The van der Waals surface area contributed by atoms with Crippen molar-refractivity contribution in [3.63, 3.8) is 0 Å². The summed E-state index contributed by atoms with van der Waals surface area (Å²) >= 11 is 1.86. The number of thioether (sulfide) groups is 1. The van der Waals surface area contributed by atoms with Crippen molar-refractivity contribution >= 4 is 11.8 Å². The Hall–Kier alpha value is -4.63. The molecule has 0 aliphatic carbocycles. The molecule has 1 aliphatic heterocycles. The molecule has 7 rings (SSSR count). The number of hydrogen-bond donors (Lipinski definition) is 0. The van der Waals surface area contributed by atoms with Gasteiger partial charge in [0, 0.05) is 25.0 Å². The molecule has 0 saturated carbocycles. The summed E-state index contributed by atoms with van der Waals surface area (Å²) in [5.41, 5.74) is 7.73. The zero-order valence-electron chi connectivity index (χ0n) is 29.2. The van der Waals surface area contributed by atoms with Crippen LogP contribution in [0.1, 0.15) is 44.3 Å². The Labute approximate surface area is 311 Å². The maximum atomic E-state index is 7.01. The molecule has 5 aromatic carbocycles. The zero-order chi connectivity index (χ0) is 35.2. The summed E-state index contributed by atoms with van der Waals surface area (Å²) in [4.78, 5) is 8.83. The molecule has 52 heavy (non-hydrogen) atoms. The molecule has 1 fully saturated rings. The minimum Gasteiger partial charge on any atom is -0.376 e. The highest BCUT2D eigenvalue weighted by atomic mass is 32.2. The minimum atomic E-state index is -0.396. The van der Waals surface area contributed by atoms with Crippen LogP contribution in [0.15, 0.2) is 164 Å². The molecule has 264 valence electrons. The first-order valence-electron chi connectivity index (χ1n) is 17.9. The Kier molecular flexibility index (Phi) is 12.9. The van der Waals surface area contributed by atoms with Crippen molar-refractivity contribution in [3.8, 4) is 0 Å². The van der Waals surface area contributed by atoms with E-state index in [0.717, 1.165) is 27.9 Å². The second kappa shape index (κ2) is 18.7. The smallest absolute Gasteiger partial charge is 0.113 e. The molecule has 0 bridgehead atoms. The fourth-order valence-electron chi connectivity index (χ4n) is 6.57. The molecule has 0 radical (unpaired) electrons. The molecule has 6 nitrogen and oxygen atoms in total. The molecule has 0 spiro atoms. The maximum Gasteiger partial charge on any atom is 0.113 e. The molecule has 2 heterocycles. The summed E-state index contributed by atoms with van der Waals surface area (Å²) in [5.74, 6) is 0. The summed E-state index contributed by atoms with van der Waals surface area (Å²) in [7, 11) is 0. The largest absolute Gasteiger partial charge is 0.376 e. The molecule has 0 N–H and O–H groups in total. The molecule has 5 atom stereocenters. The molecule has 1 saturated heterocycles. The van der Waals surface area contributed by atoms with Crippen molar-refractivity contribution in [2.75, 3.05) is 6.61 Å². The van der Waals surface area contributed by atoms with Crippen LogP contribution < -0.4 is 0 Å². The Morgan fingerprint density at radius 1 is 0.500 bits per heavy atom. The molecule has 0 amide bonds. The molecule has 1 aliphatic rings. The molecular formula is C45H44N2O4S. The van der Waals surface area contributed by atoms with Gasteiger partial charge in [0.05, 0.1) is 49.2 Å². The van der Waals surface area contributed by atoms with Gasteiger partial charge in [0.1, 0.15) is 18.3 Å². The van der Waals surface area contributed by atoms with Crippen LogP contribution in [0, 0.1) is 0 Å². The third-order valence-electron chi connectivity index (χ3n) is 9.16. The van der Waals surface area contributed by atoms with Gasteiger partial charge >= 0.3 is 0 Å². The van der Waals surface area contributed by atoms with Gasteiger partial charge in [-0.2, -0.15) is 0 Å². The van der Waals surface area contributed by atoms with Crippen LogP contribution in [0.25, 0.3) is 0 Å². The van der Waals surface area contributed by atoms with E-state index in [-0.39, 0.29) is 22.7 Å². The molecule has 1 unspecified atom stereocenters. The van der Waals surface area contributed by atoms with Crippen molar-refractivity contribution in [3.05, 3.63) is 203 Å². The second-order valence-electron chi connectivity index (χ2n) is 13.0. The lowest BCUT2D eigenvalue weighted by atomic mass is 9.94. The van der Waals surface area contributed by atoms with E-state index in [2.05, 4.69) is 94.9 Å². The van der Waals surface area contributed by atoms with Crippen molar-refractivity contribution in [1.82, 2.24) is 9.97 Å². The van der Waals surface area contributed by atoms with Crippen molar-refractivity contribution < 1.29 is 18.9 Å². The zero-order valence-corrected chi connectivity index (χ0v) is 30.0. The standard InChI is InChI=1S/C45H44N2O4S/c1-5-14-34(15-6-1)29-48-33-41-42(49-30-35-16-7-2-8-17-35)43(50-31-36-18-9-3-10-19-36)44(51-32-37-20-11-4-12-21-37)45(52-41)39-23-13-22-38(26-39)27-40-28-46-24-25-47-40/h1-26,28,41-45H,27,29-33H2/t41?,42-,43+,44-,45+/m1/s1. The van der Waals surface area contributed by atoms with Gasteiger partial charge in [0.2, 0.25) is 0 Å². The van der Waals surface area contributed by atoms with Crippen LogP contribution in [0.4, 0.5) is 0 Å². The number of hydrogen-bond acceptors (Lipinski definition) is 7. The van der Waals surface area contributed by atoms with Crippen LogP contribution in [0.2, 0.25) is 0 Å². The lowest BCUT2D eigenvalue weighted by Gasteiger charge is -2.46. The van der Waals surface area contributed by atoms with Crippen molar-refractivity contribution in [2.45, 2.75) is 61.7 Å². The Morgan fingerprint density at radius 2 is 1.02 bits per heavy atom. The van der Waals surface area contributed by atoms with E-state index in [1.807, 2.05) is 78.6 Å². The summed E-state index contributed by atoms with van der Waals surface area (Å²) in [6.07, 6.45) is 4.93. The number of rotatable bonds is 16. The Balaban J connectivity index is 1.24. The first-order chi connectivity index (χ1) is 25.8. The fourth-order valence-corrected chi connectivity index (χ4v) is 8.20. The van der Waals surface area contributed by atoms with Crippen LogP contribution in [0.3, 0.4) is 0 Å². The quantitative estimate of drug-likeness (QED) is 0.0994. The van der Waals surface area contributed by atoms with Gasteiger partial charge in [-0.1, -0.05) is 146 Å². The van der Waals surface area contributed by atoms with Crippen molar-refractivity contribution in [2.24, 2.45) is 0 Å². The number of aromatic nitrogens is 2. The average molecular weight is 709 g/mol. The van der Waals surface area contributed by atoms with E-state index in [1.54, 1.807) is 12.4 Å². The summed E-state index contributed by atoms with van der Waals surface area (Å²) in [6, 6.07) is 50.1. The first-order valence-corrected chi connectivity index (χ1v) is 18.8. The number of benzene rings is 5. The van der Waals surface area contributed by atoms with E-state index in [9.17, 15) is 0 Å². The third-order valence-corrected chi connectivity index (χ3v) is 10.8. The lowest BCUT2D eigenvalue weighted by Crippen LogP contribution is -2.54. The van der Waals surface area contributed by atoms with E-state index in [1.165, 1.54) is 11.1 Å². The van der Waals surface area contributed by atoms with Gasteiger partial charge in [0.25, 0.3) is 0 Å². The second-order valence-corrected chi connectivity index (χ2v) is 14.4. The van der Waals surface area contributed by atoms with Gasteiger partial charge in [0.15, 0.2) is 0 Å². The Morgan fingerprint density at radius 3 is 1.58 bits per heavy atom. The topological polar surface area (TPSA) is 62.7 Å². The van der Waals surface area contributed by atoms with Gasteiger partial charge in [-0.05, 0) is 33.4 Å². The van der Waals surface area contributed by atoms with Gasteiger partial charge in [-0.3, -0.25) is 9.97 Å². The molecule has 6 aromatic rings. The maximum absolute atomic E-state index is 7.01. The Bertz CT molecular complexity index is 1900. The third kappa shape index (κ3) is 10.0. The number of nitrogens with zero attached hydrogens (tertiary/aromatic N) is 2. The van der Waals surface area contributed by atoms with E-state index < -0.39 is 6.10 Å². The fraction of sp³-hybridized carbons (Fsp3) is 0.244. The van der Waals surface area contributed by atoms with Crippen LogP contribution >= 0.6 is 11.8 Å². The van der Waals surface area contributed by atoms with E-state index in [0.29, 0.717) is 39.5 Å². The minimum absolute atomic E-state index is 0.0431.